The van der Waals surface area contributed by atoms with E-state index in [9.17, 15) is 4.79 Å². The number of benzene rings is 1. The standard InChI is InChI=1S/C24H25N5O2S/c1-4-11-29-22(15-31-20-8-6-18(5-2)7-9-20)26-27-24(29)32-16-19-14-23(30)28-12-10-17(3)13-21(28)25-19/h4,6-10,12-14H,1,5,11,15-16H2,2-3H3. The van der Waals surface area contributed by atoms with Crippen LogP contribution in [-0.2, 0) is 25.3 Å². The minimum absolute atomic E-state index is 0.0960. The molecule has 7 nitrogen and oxygen atoms in total. The molecule has 0 fully saturated rings. The molecule has 1 aromatic carbocycles. The molecule has 0 spiro atoms. The average Bonchev–Trinajstić information content (AvgIpc) is 3.18. The van der Waals surface area contributed by atoms with Gasteiger partial charge in [0.25, 0.3) is 5.56 Å². The van der Waals surface area contributed by atoms with Crippen LogP contribution in [0.2, 0.25) is 0 Å². The lowest BCUT2D eigenvalue weighted by Crippen LogP contribution is -2.15. The van der Waals surface area contributed by atoms with Gasteiger partial charge in [-0.1, -0.05) is 36.9 Å². The molecule has 3 heterocycles. The van der Waals surface area contributed by atoms with E-state index in [1.54, 1.807) is 22.7 Å². The van der Waals surface area contributed by atoms with Crippen LogP contribution in [0, 0.1) is 6.92 Å². The number of hydrogen-bond acceptors (Lipinski definition) is 6. The number of thioether (sulfide) groups is 1. The van der Waals surface area contributed by atoms with Gasteiger partial charge in [-0.3, -0.25) is 13.8 Å². The zero-order chi connectivity index (χ0) is 22.5. The largest absolute Gasteiger partial charge is 0.486 e. The minimum Gasteiger partial charge on any atom is -0.486 e. The van der Waals surface area contributed by atoms with E-state index in [0.29, 0.717) is 36.1 Å². The Kier molecular flexibility index (Phi) is 6.70. The summed E-state index contributed by atoms with van der Waals surface area (Å²) >= 11 is 1.48. The van der Waals surface area contributed by atoms with E-state index in [1.165, 1.54) is 17.3 Å². The van der Waals surface area contributed by atoms with Crippen LogP contribution >= 0.6 is 11.8 Å². The molecule has 0 saturated carbocycles. The number of rotatable bonds is 9. The maximum absolute atomic E-state index is 12.4. The van der Waals surface area contributed by atoms with Gasteiger partial charge in [0, 0.05) is 24.6 Å². The zero-order valence-corrected chi connectivity index (χ0v) is 19.0. The number of pyridine rings is 1. The van der Waals surface area contributed by atoms with Crippen molar-refractivity contribution in [3.05, 3.63) is 94.3 Å². The fraction of sp³-hybridized carbons (Fsp3) is 0.250. The second-order valence-electron chi connectivity index (χ2n) is 7.39. The van der Waals surface area contributed by atoms with Crippen LogP contribution in [0.5, 0.6) is 5.75 Å². The zero-order valence-electron chi connectivity index (χ0n) is 18.2. The van der Waals surface area contributed by atoms with Crippen molar-refractivity contribution in [1.82, 2.24) is 24.1 Å². The molecular formula is C24H25N5O2S. The van der Waals surface area contributed by atoms with Gasteiger partial charge >= 0.3 is 0 Å². The van der Waals surface area contributed by atoms with Crippen LogP contribution in [0.25, 0.3) is 5.65 Å². The van der Waals surface area contributed by atoms with Crippen molar-refractivity contribution in [2.24, 2.45) is 0 Å². The average molecular weight is 448 g/mol. The third-order valence-corrected chi connectivity index (χ3v) is 6.03. The molecule has 0 atom stereocenters. The number of hydrogen-bond donors (Lipinski definition) is 0. The van der Waals surface area contributed by atoms with E-state index in [4.69, 9.17) is 4.74 Å². The van der Waals surface area contributed by atoms with Crippen molar-refractivity contribution in [2.45, 2.75) is 44.3 Å². The number of fused-ring (bicyclic) bond motifs is 1. The second-order valence-corrected chi connectivity index (χ2v) is 8.33. The van der Waals surface area contributed by atoms with Gasteiger partial charge in [-0.05, 0) is 48.7 Å². The molecule has 164 valence electrons. The molecule has 0 saturated heterocycles. The van der Waals surface area contributed by atoms with Gasteiger partial charge < -0.3 is 4.74 Å². The number of aryl methyl sites for hydroxylation is 2. The SMILES string of the molecule is C=CCn1c(COc2ccc(CC)cc2)nnc1SCc1cc(=O)n2ccc(C)cc2n1. The molecule has 0 aliphatic rings. The Labute approximate surface area is 190 Å². The molecule has 0 N–H and O–H groups in total. The summed E-state index contributed by atoms with van der Waals surface area (Å²) in [6, 6.07) is 13.4. The number of nitrogens with zero attached hydrogens (tertiary/aromatic N) is 5. The van der Waals surface area contributed by atoms with Crippen LogP contribution in [-0.4, -0.2) is 24.1 Å². The van der Waals surface area contributed by atoms with Gasteiger partial charge in [0.2, 0.25) is 0 Å². The summed E-state index contributed by atoms with van der Waals surface area (Å²) in [4.78, 5) is 17.0. The Morgan fingerprint density at radius 2 is 1.97 bits per heavy atom. The van der Waals surface area contributed by atoms with Crippen LogP contribution in [0.15, 0.2) is 71.3 Å². The molecular weight excluding hydrogens is 422 g/mol. The van der Waals surface area contributed by atoms with Crippen molar-refractivity contribution >= 4 is 17.4 Å². The Bertz CT molecular complexity index is 1290. The quantitative estimate of drug-likeness (QED) is 0.283. The van der Waals surface area contributed by atoms with Gasteiger partial charge in [0.15, 0.2) is 11.0 Å². The van der Waals surface area contributed by atoms with Crippen molar-refractivity contribution in [2.75, 3.05) is 0 Å². The van der Waals surface area contributed by atoms with Crippen molar-refractivity contribution in [1.29, 1.82) is 0 Å². The van der Waals surface area contributed by atoms with E-state index in [0.717, 1.165) is 22.9 Å². The highest BCUT2D eigenvalue weighted by Crippen LogP contribution is 2.22. The highest BCUT2D eigenvalue weighted by Gasteiger charge is 2.13. The first-order chi connectivity index (χ1) is 15.6. The summed E-state index contributed by atoms with van der Waals surface area (Å²) in [7, 11) is 0. The third kappa shape index (κ3) is 4.91. The lowest BCUT2D eigenvalue weighted by Gasteiger charge is -2.10. The number of ether oxygens (including phenoxy) is 1. The Morgan fingerprint density at radius 1 is 1.16 bits per heavy atom. The smallest absolute Gasteiger partial charge is 0.258 e. The summed E-state index contributed by atoms with van der Waals surface area (Å²) in [5.41, 5.74) is 3.57. The van der Waals surface area contributed by atoms with E-state index < -0.39 is 0 Å². The summed E-state index contributed by atoms with van der Waals surface area (Å²) < 4.78 is 9.42. The fourth-order valence-electron chi connectivity index (χ4n) is 3.28. The van der Waals surface area contributed by atoms with Gasteiger partial charge in [-0.2, -0.15) is 0 Å². The van der Waals surface area contributed by atoms with Crippen molar-refractivity contribution < 1.29 is 4.74 Å². The molecule has 0 aliphatic carbocycles. The highest BCUT2D eigenvalue weighted by molar-refractivity contribution is 7.98. The van der Waals surface area contributed by atoms with Crippen molar-refractivity contribution in [3.63, 3.8) is 0 Å². The first kappa shape index (κ1) is 21.8. The first-order valence-corrected chi connectivity index (χ1v) is 11.4. The summed E-state index contributed by atoms with van der Waals surface area (Å²) in [6.07, 6.45) is 4.54. The molecule has 0 radical (unpaired) electrons. The van der Waals surface area contributed by atoms with Crippen LogP contribution < -0.4 is 10.3 Å². The molecule has 0 aliphatic heterocycles. The Hall–Kier alpha value is -3.39. The van der Waals surface area contributed by atoms with Crippen LogP contribution in [0.3, 0.4) is 0 Å². The maximum Gasteiger partial charge on any atom is 0.258 e. The Balaban J connectivity index is 1.49. The minimum atomic E-state index is -0.0960. The van der Waals surface area contributed by atoms with Gasteiger partial charge in [-0.25, -0.2) is 4.98 Å². The van der Waals surface area contributed by atoms with Gasteiger partial charge in [0.05, 0.1) is 5.69 Å². The summed E-state index contributed by atoms with van der Waals surface area (Å²) in [5.74, 6) is 2.02. The summed E-state index contributed by atoms with van der Waals surface area (Å²) in [5, 5.41) is 9.37. The first-order valence-electron chi connectivity index (χ1n) is 10.4. The molecule has 0 amide bonds. The molecule has 3 aromatic heterocycles. The van der Waals surface area contributed by atoms with E-state index >= 15 is 0 Å². The molecule has 32 heavy (non-hydrogen) atoms. The predicted octanol–water partition coefficient (Wildman–Crippen LogP) is 4.21. The van der Waals surface area contributed by atoms with Crippen molar-refractivity contribution in [3.8, 4) is 5.75 Å². The lowest BCUT2D eigenvalue weighted by atomic mass is 10.2. The monoisotopic (exact) mass is 447 g/mol. The third-order valence-electron chi connectivity index (χ3n) is 5.03. The van der Waals surface area contributed by atoms with Crippen LogP contribution in [0.1, 0.15) is 29.6 Å². The Morgan fingerprint density at radius 3 is 2.72 bits per heavy atom. The second kappa shape index (κ2) is 9.82. The predicted molar refractivity (Wildman–Crippen MR) is 126 cm³/mol. The van der Waals surface area contributed by atoms with E-state index in [1.807, 2.05) is 35.8 Å². The molecule has 4 rings (SSSR count). The highest BCUT2D eigenvalue weighted by atomic mass is 32.2. The molecule has 0 bridgehead atoms. The van der Waals surface area contributed by atoms with Gasteiger partial charge in [0.1, 0.15) is 18.0 Å². The summed E-state index contributed by atoms with van der Waals surface area (Å²) in [6.45, 7) is 8.82. The normalized spacial score (nSPS) is 11.1. The number of allylic oxidation sites excluding steroid dienone is 1. The maximum atomic E-state index is 12.4. The molecule has 4 aromatic rings. The van der Waals surface area contributed by atoms with E-state index in [-0.39, 0.29) is 5.56 Å². The van der Waals surface area contributed by atoms with E-state index in [2.05, 4.69) is 40.8 Å². The van der Waals surface area contributed by atoms with Crippen LogP contribution in [0.4, 0.5) is 0 Å². The van der Waals surface area contributed by atoms with Gasteiger partial charge in [-0.15, -0.1) is 16.8 Å². The lowest BCUT2D eigenvalue weighted by molar-refractivity contribution is 0.289. The molecule has 8 heteroatoms. The number of aromatic nitrogens is 5. The molecule has 0 unspecified atom stereocenters. The topological polar surface area (TPSA) is 74.3 Å². The fourth-order valence-corrected chi connectivity index (χ4v) is 4.14.